The van der Waals surface area contributed by atoms with Crippen LogP contribution in [0.4, 0.5) is 22.0 Å². The molecule has 1 amide bonds. The van der Waals surface area contributed by atoms with Gasteiger partial charge in [0.05, 0.1) is 18.1 Å². The number of aromatic amines is 2. The largest absolute Gasteiger partial charge is 0.457 e. The quantitative estimate of drug-likeness (QED) is 0.152. The molecule has 1 aliphatic rings. The minimum Gasteiger partial charge on any atom is -0.457 e. The van der Waals surface area contributed by atoms with Crippen molar-refractivity contribution in [2.24, 2.45) is 0 Å². The molecule has 1 aliphatic heterocycles. The summed E-state index contributed by atoms with van der Waals surface area (Å²) in [6.45, 7) is -0.156. The molecule has 42 heavy (non-hydrogen) atoms. The van der Waals surface area contributed by atoms with E-state index in [4.69, 9.17) is 9.15 Å². The lowest BCUT2D eigenvalue weighted by Crippen LogP contribution is -2.38. The fourth-order valence-electron chi connectivity index (χ4n) is 4.93. The fourth-order valence-corrected chi connectivity index (χ4v) is 5.47. The third-order valence-electron chi connectivity index (χ3n) is 6.50. The van der Waals surface area contributed by atoms with Crippen molar-refractivity contribution in [1.82, 2.24) is 20.1 Å². The highest BCUT2D eigenvalue weighted by Gasteiger charge is 2.45. The highest BCUT2D eigenvalue weighted by atomic mass is 32.2. The van der Waals surface area contributed by atoms with Gasteiger partial charge in [0, 0.05) is 22.9 Å². The van der Waals surface area contributed by atoms with Gasteiger partial charge in [-0.05, 0) is 65.9 Å². The van der Waals surface area contributed by atoms with Crippen LogP contribution in [-0.2, 0) is 0 Å². The maximum Gasteiger partial charge on any atom is 0.446 e. The molecule has 5 aromatic rings. The lowest BCUT2D eigenvalue weighted by Gasteiger charge is -2.28. The Hall–Kier alpha value is -4.59. The molecule has 0 saturated heterocycles. The summed E-state index contributed by atoms with van der Waals surface area (Å²) in [5, 5.41) is 6.97. The second kappa shape index (κ2) is 10.0. The van der Waals surface area contributed by atoms with Crippen molar-refractivity contribution in [3.05, 3.63) is 94.1 Å². The van der Waals surface area contributed by atoms with Crippen molar-refractivity contribution >= 4 is 28.8 Å². The fraction of sp³-hybridized carbons (Fsp3) is 0.179. The molecular weight excluding hydrogens is 583 g/mol. The summed E-state index contributed by atoms with van der Waals surface area (Å²) < 4.78 is 77.4. The van der Waals surface area contributed by atoms with Crippen LogP contribution in [0.2, 0.25) is 0 Å². The minimum absolute atomic E-state index is 0.00485. The van der Waals surface area contributed by atoms with E-state index in [1.807, 2.05) is 0 Å². The molecule has 8 nitrogen and oxygen atoms in total. The number of rotatable bonds is 7. The van der Waals surface area contributed by atoms with Crippen LogP contribution in [-0.4, -0.2) is 44.0 Å². The van der Waals surface area contributed by atoms with Gasteiger partial charge in [-0.25, -0.2) is 13.6 Å². The topological polar surface area (TPSA) is 104 Å². The van der Waals surface area contributed by atoms with Gasteiger partial charge in [0.1, 0.15) is 22.9 Å². The van der Waals surface area contributed by atoms with Crippen molar-refractivity contribution in [1.29, 1.82) is 0 Å². The van der Waals surface area contributed by atoms with Crippen LogP contribution in [0.1, 0.15) is 34.6 Å². The number of hydrogen-bond donors (Lipinski definition) is 2. The summed E-state index contributed by atoms with van der Waals surface area (Å²) in [5.74, 6) is -3.95. The Balaban J connectivity index is 1.36. The number of H-pyrrole nitrogens is 2. The number of carbonyl (C=O) groups excluding carboxylic acids is 1. The number of carbonyl (C=O) groups is 1. The number of halogens is 5. The Labute approximate surface area is 237 Å². The molecule has 216 valence electrons. The average Bonchev–Trinajstić information content (AvgIpc) is 3.57. The van der Waals surface area contributed by atoms with Crippen molar-refractivity contribution in [3.63, 3.8) is 0 Å². The molecule has 0 saturated carbocycles. The second-order valence-corrected chi connectivity index (χ2v) is 10.8. The van der Waals surface area contributed by atoms with Crippen LogP contribution in [0, 0.1) is 0 Å². The summed E-state index contributed by atoms with van der Waals surface area (Å²) in [6, 6.07) is 15.6. The SMILES string of the molecule is CC(F)(F)CN1C(=O)c2[nH]nc(-c3cccc4[nH]c(=O)oc34)c2C1c1ccc(Oc2ccc(SC(F)(F)F)cc2)cc1. The number of thioether (sulfide) groups is 1. The summed E-state index contributed by atoms with van der Waals surface area (Å²) in [4.78, 5) is 28.8. The van der Waals surface area contributed by atoms with E-state index in [0.717, 1.165) is 4.90 Å². The van der Waals surface area contributed by atoms with Crippen molar-refractivity contribution in [2.75, 3.05) is 6.54 Å². The highest BCUT2D eigenvalue weighted by molar-refractivity contribution is 8.00. The monoisotopic (exact) mass is 602 g/mol. The van der Waals surface area contributed by atoms with Crippen LogP contribution >= 0.6 is 11.8 Å². The first kappa shape index (κ1) is 27.6. The number of nitrogens with one attached hydrogen (secondary N) is 2. The molecule has 0 fully saturated rings. The average molecular weight is 603 g/mol. The van der Waals surface area contributed by atoms with Crippen LogP contribution < -0.4 is 10.5 Å². The first-order chi connectivity index (χ1) is 19.9. The zero-order valence-electron chi connectivity index (χ0n) is 21.5. The number of aromatic nitrogens is 3. The molecule has 1 atom stereocenters. The van der Waals surface area contributed by atoms with Crippen LogP contribution in [0.15, 0.2) is 80.8 Å². The predicted octanol–water partition coefficient (Wildman–Crippen LogP) is 7.12. The molecule has 6 rings (SSSR count). The smallest absolute Gasteiger partial charge is 0.446 e. The van der Waals surface area contributed by atoms with E-state index in [1.165, 1.54) is 24.3 Å². The standard InChI is InChI=1S/C28H19F5N4O4S/c1-27(29,30)13-37-23(14-5-7-15(8-6-14)40-16-9-11-17(12-10-16)42-28(31,32)33)20-21(35-36-22(20)25(37)38)18-3-2-4-19-24(18)41-26(39)34-19/h2-12,23H,13H2,1H3,(H,34,39)(H,35,36). The van der Waals surface area contributed by atoms with Crippen molar-refractivity contribution in [2.45, 2.75) is 29.3 Å². The van der Waals surface area contributed by atoms with Crippen LogP contribution in [0.5, 0.6) is 11.5 Å². The Bertz CT molecular complexity index is 1840. The molecule has 0 aliphatic carbocycles. The Kier molecular flexibility index (Phi) is 6.60. The molecule has 3 aromatic carbocycles. The maximum absolute atomic E-state index is 14.3. The molecule has 3 heterocycles. The number of fused-ring (bicyclic) bond motifs is 2. The van der Waals surface area contributed by atoms with E-state index in [2.05, 4.69) is 15.2 Å². The number of alkyl halides is 5. The van der Waals surface area contributed by atoms with E-state index in [-0.39, 0.29) is 39.4 Å². The highest BCUT2D eigenvalue weighted by Crippen LogP contribution is 2.45. The first-order valence-electron chi connectivity index (χ1n) is 12.4. The third kappa shape index (κ3) is 5.36. The van der Waals surface area contributed by atoms with E-state index in [0.29, 0.717) is 34.9 Å². The molecule has 0 radical (unpaired) electrons. The Morgan fingerprint density at radius 2 is 1.64 bits per heavy atom. The Morgan fingerprint density at radius 1 is 0.976 bits per heavy atom. The molecule has 1 unspecified atom stereocenters. The second-order valence-electron chi connectivity index (χ2n) is 9.65. The molecule has 14 heteroatoms. The molecule has 0 bridgehead atoms. The Morgan fingerprint density at radius 3 is 2.29 bits per heavy atom. The van der Waals surface area contributed by atoms with Gasteiger partial charge in [-0.3, -0.25) is 14.9 Å². The van der Waals surface area contributed by atoms with E-state index >= 15 is 0 Å². The number of nitrogens with zero attached hydrogens (tertiary/aromatic N) is 2. The number of para-hydroxylation sites is 1. The van der Waals surface area contributed by atoms with E-state index < -0.39 is 35.7 Å². The molecule has 2 aromatic heterocycles. The van der Waals surface area contributed by atoms with Gasteiger partial charge in [0.25, 0.3) is 11.8 Å². The van der Waals surface area contributed by atoms with Gasteiger partial charge in [-0.1, -0.05) is 18.2 Å². The zero-order valence-corrected chi connectivity index (χ0v) is 22.3. The number of amides is 1. The van der Waals surface area contributed by atoms with Crippen molar-refractivity contribution in [3.8, 4) is 22.8 Å². The predicted molar refractivity (Wildman–Crippen MR) is 143 cm³/mol. The van der Waals surface area contributed by atoms with Gasteiger partial charge in [-0.2, -0.15) is 18.3 Å². The van der Waals surface area contributed by atoms with E-state index in [1.54, 1.807) is 42.5 Å². The van der Waals surface area contributed by atoms with E-state index in [9.17, 15) is 31.5 Å². The molecule has 2 N–H and O–H groups in total. The maximum atomic E-state index is 14.3. The summed E-state index contributed by atoms with van der Waals surface area (Å²) >= 11 is -0.240. The summed E-state index contributed by atoms with van der Waals surface area (Å²) in [6.07, 6.45) is 0. The van der Waals surface area contributed by atoms with Gasteiger partial charge in [-0.15, -0.1) is 0 Å². The summed E-state index contributed by atoms with van der Waals surface area (Å²) in [5.41, 5.74) is -2.32. The number of oxazole rings is 1. The van der Waals surface area contributed by atoms with Crippen molar-refractivity contribution < 1.29 is 35.9 Å². The normalized spacial score (nSPS) is 15.4. The van der Waals surface area contributed by atoms with Gasteiger partial charge >= 0.3 is 11.3 Å². The number of hydrogen-bond acceptors (Lipinski definition) is 6. The third-order valence-corrected chi connectivity index (χ3v) is 7.24. The number of benzene rings is 3. The minimum atomic E-state index is -4.41. The molecular formula is C28H19F5N4O4S. The summed E-state index contributed by atoms with van der Waals surface area (Å²) in [7, 11) is 0. The van der Waals surface area contributed by atoms with Gasteiger partial charge in [0.15, 0.2) is 5.58 Å². The first-order valence-corrected chi connectivity index (χ1v) is 13.2. The van der Waals surface area contributed by atoms with Crippen LogP contribution in [0.3, 0.4) is 0 Å². The van der Waals surface area contributed by atoms with Gasteiger partial charge < -0.3 is 14.1 Å². The number of ether oxygens (including phenoxy) is 1. The van der Waals surface area contributed by atoms with Gasteiger partial charge in [0.2, 0.25) is 0 Å². The van der Waals surface area contributed by atoms with Crippen LogP contribution in [0.25, 0.3) is 22.4 Å². The lowest BCUT2D eigenvalue weighted by molar-refractivity contribution is -0.0328. The molecule has 0 spiro atoms. The zero-order chi connectivity index (χ0) is 29.8. The lowest BCUT2D eigenvalue weighted by atomic mass is 9.95.